The number of hydrogen-bond donors (Lipinski definition) is 1. The Morgan fingerprint density at radius 2 is 2.18 bits per heavy atom. The fourth-order valence-corrected chi connectivity index (χ4v) is 0.958. The first kappa shape index (κ1) is 10.6. The average molecular weight is 159 g/mol. The van der Waals surface area contributed by atoms with Crippen LogP contribution < -0.4 is 5.32 Å². The summed E-state index contributed by atoms with van der Waals surface area (Å²) in [5.74, 6) is -0.0159. The van der Waals surface area contributed by atoms with Gasteiger partial charge in [0.2, 0.25) is 0 Å². The molecule has 0 aromatic heterocycles. The zero-order valence-electron chi connectivity index (χ0n) is 7.65. The Labute approximate surface area is 68.7 Å². The molecule has 0 aliphatic rings. The van der Waals surface area contributed by atoms with Gasteiger partial charge in [0, 0.05) is 6.04 Å². The maximum Gasteiger partial charge on any atom is 0.0972 e. The van der Waals surface area contributed by atoms with Crippen LogP contribution in [0.1, 0.15) is 33.1 Å². The minimum Gasteiger partial charge on any atom is -0.313 e. The van der Waals surface area contributed by atoms with E-state index < -0.39 is 0 Å². The Balaban J connectivity index is 3.84. The molecule has 1 nitrogen and oxygen atoms in total. The minimum absolute atomic E-state index is 0.0159. The van der Waals surface area contributed by atoms with E-state index in [1.54, 1.807) is 6.08 Å². The molecule has 0 aliphatic carbocycles. The summed E-state index contributed by atoms with van der Waals surface area (Å²) in [4.78, 5) is 0. The molecule has 66 valence electrons. The van der Waals surface area contributed by atoms with Crippen LogP contribution in [0.2, 0.25) is 0 Å². The number of halogens is 1. The molecule has 2 heteroatoms. The third-order valence-corrected chi connectivity index (χ3v) is 1.69. The van der Waals surface area contributed by atoms with Gasteiger partial charge in [0.1, 0.15) is 0 Å². The molecule has 0 spiro atoms. The summed E-state index contributed by atoms with van der Waals surface area (Å²) in [7, 11) is 1.86. The molecule has 0 heterocycles. The predicted molar refractivity (Wildman–Crippen MR) is 47.2 cm³/mol. The number of hydrogen-bond acceptors (Lipinski definition) is 1. The van der Waals surface area contributed by atoms with Crippen molar-refractivity contribution in [2.24, 2.45) is 0 Å². The topological polar surface area (TPSA) is 12.0 Å². The zero-order chi connectivity index (χ0) is 8.69. The third-order valence-electron chi connectivity index (χ3n) is 1.69. The molecule has 0 aliphatic heterocycles. The maximum absolute atomic E-state index is 12.7. The molecule has 0 radical (unpaired) electrons. The Hall–Kier alpha value is -0.370. The number of nitrogens with one attached hydrogen (secondary N) is 1. The van der Waals surface area contributed by atoms with Crippen LogP contribution in [-0.2, 0) is 0 Å². The normalized spacial score (nSPS) is 15.1. The molecule has 0 rings (SSSR count). The molecule has 0 saturated carbocycles. The third kappa shape index (κ3) is 4.96. The maximum atomic E-state index is 12.7. The van der Waals surface area contributed by atoms with Crippen LogP contribution in [-0.4, -0.2) is 13.1 Å². The Morgan fingerprint density at radius 3 is 2.55 bits per heavy atom. The fraction of sp³-hybridized carbons (Fsp3) is 0.778. The standard InChI is InChI=1S/C9H18FN/c1-4-6-9(11-3)7-8(10)5-2/h7,9,11H,4-6H2,1-3H3/b8-7+. The van der Waals surface area contributed by atoms with Crippen molar-refractivity contribution in [3.8, 4) is 0 Å². The molecule has 0 aromatic carbocycles. The fourth-order valence-electron chi connectivity index (χ4n) is 0.958. The van der Waals surface area contributed by atoms with E-state index in [9.17, 15) is 4.39 Å². The molecule has 0 fully saturated rings. The van der Waals surface area contributed by atoms with Crippen LogP contribution in [0.25, 0.3) is 0 Å². The Morgan fingerprint density at radius 1 is 1.55 bits per heavy atom. The van der Waals surface area contributed by atoms with Gasteiger partial charge >= 0.3 is 0 Å². The molecular weight excluding hydrogens is 141 g/mol. The van der Waals surface area contributed by atoms with Gasteiger partial charge in [-0.2, -0.15) is 0 Å². The van der Waals surface area contributed by atoms with Crippen molar-refractivity contribution in [2.45, 2.75) is 39.2 Å². The van der Waals surface area contributed by atoms with E-state index in [4.69, 9.17) is 0 Å². The molecule has 0 amide bonds. The van der Waals surface area contributed by atoms with E-state index in [0.29, 0.717) is 6.42 Å². The van der Waals surface area contributed by atoms with Crippen LogP contribution >= 0.6 is 0 Å². The van der Waals surface area contributed by atoms with Gasteiger partial charge < -0.3 is 5.32 Å². The zero-order valence-corrected chi connectivity index (χ0v) is 7.65. The Bertz CT molecular complexity index is 121. The lowest BCUT2D eigenvalue weighted by atomic mass is 10.1. The highest BCUT2D eigenvalue weighted by atomic mass is 19.1. The monoisotopic (exact) mass is 159 g/mol. The summed E-state index contributed by atoms with van der Waals surface area (Å²) in [6.45, 7) is 3.92. The first-order valence-electron chi connectivity index (χ1n) is 4.28. The quantitative estimate of drug-likeness (QED) is 0.650. The predicted octanol–water partition coefficient (Wildman–Crippen LogP) is 2.64. The van der Waals surface area contributed by atoms with Gasteiger partial charge in [-0.1, -0.05) is 20.3 Å². The van der Waals surface area contributed by atoms with Crippen LogP contribution in [0.5, 0.6) is 0 Å². The van der Waals surface area contributed by atoms with Crippen molar-refractivity contribution in [1.82, 2.24) is 5.32 Å². The van der Waals surface area contributed by atoms with Gasteiger partial charge in [0.15, 0.2) is 0 Å². The van der Waals surface area contributed by atoms with E-state index >= 15 is 0 Å². The molecular formula is C9H18FN. The van der Waals surface area contributed by atoms with E-state index in [1.807, 2.05) is 14.0 Å². The highest BCUT2D eigenvalue weighted by Crippen LogP contribution is 2.06. The lowest BCUT2D eigenvalue weighted by molar-refractivity contribution is 0.552. The molecule has 0 bridgehead atoms. The average Bonchev–Trinajstić information content (AvgIpc) is 2.03. The first-order chi connectivity index (χ1) is 5.24. The van der Waals surface area contributed by atoms with Crippen molar-refractivity contribution >= 4 is 0 Å². The van der Waals surface area contributed by atoms with Gasteiger partial charge in [0.25, 0.3) is 0 Å². The summed E-state index contributed by atoms with van der Waals surface area (Å²) < 4.78 is 12.7. The number of allylic oxidation sites excluding steroid dienone is 1. The molecule has 0 aromatic rings. The Kier molecular flexibility index (Phi) is 6.13. The second-order valence-corrected chi connectivity index (χ2v) is 2.65. The van der Waals surface area contributed by atoms with E-state index in [2.05, 4.69) is 12.2 Å². The summed E-state index contributed by atoms with van der Waals surface area (Å²) in [5.41, 5.74) is 0. The van der Waals surface area contributed by atoms with E-state index in [0.717, 1.165) is 12.8 Å². The van der Waals surface area contributed by atoms with Crippen molar-refractivity contribution in [1.29, 1.82) is 0 Å². The number of rotatable bonds is 5. The van der Waals surface area contributed by atoms with Gasteiger partial charge in [-0.05, 0) is 26.0 Å². The SMILES string of the molecule is CCCC(/C=C(/F)CC)NC. The van der Waals surface area contributed by atoms with Crippen LogP contribution in [0, 0.1) is 0 Å². The van der Waals surface area contributed by atoms with Gasteiger partial charge in [0.05, 0.1) is 5.83 Å². The largest absolute Gasteiger partial charge is 0.313 e. The summed E-state index contributed by atoms with van der Waals surface area (Å²) in [6.07, 6.45) is 4.26. The minimum atomic E-state index is -0.0159. The molecule has 1 unspecified atom stereocenters. The van der Waals surface area contributed by atoms with Crippen LogP contribution in [0.15, 0.2) is 11.9 Å². The first-order valence-corrected chi connectivity index (χ1v) is 4.28. The van der Waals surface area contributed by atoms with Gasteiger partial charge in [-0.15, -0.1) is 0 Å². The second-order valence-electron chi connectivity index (χ2n) is 2.65. The van der Waals surface area contributed by atoms with Gasteiger partial charge in [-0.25, -0.2) is 4.39 Å². The van der Waals surface area contributed by atoms with E-state index in [1.165, 1.54) is 0 Å². The van der Waals surface area contributed by atoms with Crippen molar-refractivity contribution in [3.63, 3.8) is 0 Å². The van der Waals surface area contributed by atoms with E-state index in [-0.39, 0.29) is 11.9 Å². The summed E-state index contributed by atoms with van der Waals surface area (Å²) >= 11 is 0. The summed E-state index contributed by atoms with van der Waals surface area (Å²) in [5, 5.41) is 3.05. The molecule has 0 saturated heterocycles. The van der Waals surface area contributed by atoms with Crippen molar-refractivity contribution in [2.75, 3.05) is 7.05 Å². The second kappa shape index (κ2) is 6.35. The molecule has 11 heavy (non-hydrogen) atoms. The molecule has 1 atom stereocenters. The van der Waals surface area contributed by atoms with Crippen molar-refractivity contribution < 1.29 is 4.39 Å². The van der Waals surface area contributed by atoms with Gasteiger partial charge in [-0.3, -0.25) is 0 Å². The molecule has 1 N–H and O–H groups in total. The summed E-state index contributed by atoms with van der Waals surface area (Å²) in [6, 6.07) is 0.208. The smallest absolute Gasteiger partial charge is 0.0972 e. The highest BCUT2D eigenvalue weighted by molar-refractivity contribution is 4.98. The highest BCUT2D eigenvalue weighted by Gasteiger charge is 2.01. The van der Waals surface area contributed by atoms with Crippen LogP contribution in [0.4, 0.5) is 4.39 Å². The van der Waals surface area contributed by atoms with Crippen molar-refractivity contribution in [3.05, 3.63) is 11.9 Å². The lowest BCUT2D eigenvalue weighted by Gasteiger charge is -2.09. The van der Waals surface area contributed by atoms with Crippen LogP contribution in [0.3, 0.4) is 0 Å². The lowest BCUT2D eigenvalue weighted by Crippen LogP contribution is -2.22. The number of likely N-dealkylation sites (N-methyl/N-ethyl adjacent to an activating group) is 1.